The molecule has 24 heavy (non-hydrogen) atoms. The summed E-state index contributed by atoms with van der Waals surface area (Å²) in [6.07, 6.45) is 2.59. The van der Waals surface area contributed by atoms with Crippen LogP contribution < -0.4 is 6.15 Å². The first-order valence-electron chi connectivity index (χ1n) is 7.91. The number of carbonyl (C=O) groups is 2. The van der Waals surface area contributed by atoms with Gasteiger partial charge in [-0.05, 0) is 36.0 Å². The fourth-order valence-corrected chi connectivity index (χ4v) is 2.97. The van der Waals surface area contributed by atoms with Crippen molar-refractivity contribution in [3.8, 4) is 0 Å². The van der Waals surface area contributed by atoms with Gasteiger partial charge in [-0.15, -0.1) is 17.0 Å². The first-order valence-corrected chi connectivity index (χ1v) is 7.91. The molecular weight excluding hydrogens is 366 g/mol. The van der Waals surface area contributed by atoms with Crippen molar-refractivity contribution >= 4 is 28.5 Å². The number of rotatable bonds is 6. The van der Waals surface area contributed by atoms with Gasteiger partial charge in [0.25, 0.3) is 0 Å². The van der Waals surface area contributed by atoms with Crippen molar-refractivity contribution in [2.24, 2.45) is 0 Å². The van der Waals surface area contributed by atoms with E-state index in [-0.39, 0.29) is 23.1 Å². The molecule has 0 radical (unpaired) electrons. The maximum absolute atomic E-state index is 12.6. The Morgan fingerprint density at radius 2 is 1.33 bits per heavy atom. The largest absolute Gasteiger partial charge is 0.344 e. The normalized spacial score (nSPS) is 9.62. The fraction of sp³-hybridized carbons (Fsp3) is 0.300. The molecule has 4 heteroatoms. The van der Waals surface area contributed by atoms with Gasteiger partial charge in [0.2, 0.25) is 11.6 Å². The highest BCUT2D eigenvalue weighted by Gasteiger charge is 2.22. The average molecular weight is 392 g/mol. The zero-order chi connectivity index (χ0) is 16.1. The van der Waals surface area contributed by atoms with Crippen LogP contribution in [-0.4, -0.2) is 11.6 Å². The standard InChI is InChI=1S/C20H22O2.BrH.H3N/c1-4-14-12-13-18(17(6-3)16(14)5-2)20(22)19(21)15-10-8-7-9-11-15;;/h7-13H,4-6H2,1-3H3;1H;1H3. The molecule has 0 bridgehead atoms. The lowest BCUT2D eigenvalue weighted by molar-refractivity contribution is 0.0816. The average Bonchev–Trinajstić information content (AvgIpc) is 2.59. The lowest BCUT2D eigenvalue weighted by atomic mass is 9.88. The fourth-order valence-electron chi connectivity index (χ4n) is 2.97. The summed E-state index contributed by atoms with van der Waals surface area (Å²) in [5.74, 6) is -0.831. The molecule has 0 fully saturated rings. The molecule has 0 saturated carbocycles. The Kier molecular flexibility index (Phi) is 9.41. The summed E-state index contributed by atoms with van der Waals surface area (Å²) in [7, 11) is 0. The van der Waals surface area contributed by atoms with Crippen LogP contribution in [0, 0.1) is 0 Å². The molecule has 0 heterocycles. The Morgan fingerprint density at radius 1 is 0.750 bits per heavy atom. The van der Waals surface area contributed by atoms with Gasteiger partial charge in [0, 0.05) is 11.1 Å². The van der Waals surface area contributed by atoms with Crippen LogP contribution in [0.5, 0.6) is 0 Å². The van der Waals surface area contributed by atoms with Crippen LogP contribution in [0.15, 0.2) is 42.5 Å². The van der Waals surface area contributed by atoms with Gasteiger partial charge < -0.3 is 6.15 Å². The van der Waals surface area contributed by atoms with E-state index in [4.69, 9.17) is 0 Å². The molecule has 0 saturated heterocycles. The van der Waals surface area contributed by atoms with Crippen molar-refractivity contribution in [3.05, 3.63) is 70.3 Å². The van der Waals surface area contributed by atoms with Crippen molar-refractivity contribution in [2.75, 3.05) is 0 Å². The van der Waals surface area contributed by atoms with E-state index in [0.717, 1.165) is 24.8 Å². The third-order valence-corrected chi connectivity index (χ3v) is 4.10. The van der Waals surface area contributed by atoms with Gasteiger partial charge in [-0.25, -0.2) is 0 Å². The Balaban J connectivity index is 0.00000264. The minimum atomic E-state index is -0.429. The summed E-state index contributed by atoms with van der Waals surface area (Å²) >= 11 is 0. The summed E-state index contributed by atoms with van der Waals surface area (Å²) in [6, 6.07) is 12.6. The van der Waals surface area contributed by atoms with Gasteiger partial charge >= 0.3 is 0 Å². The molecule has 130 valence electrons. The van der Waals surface area contributed by atoms with E-state index in [1.165, 1.54) is 11.1 Å². The van der Waals surface area contributed by atoms with E-state index < -0.39 is 11.6 Å². The molecule has 0 aromatic heterocycles. The smallest absolute Gasteiger partial charge is 0.233 e. The predicted molar refractivity (Wildman–Crippen MR) is 105 cm³/mol. The zero-order valence-corrected chi connectivity index (χ0v) is 16.3. The monoisotopic (exact) mass is 391 g/mol. The van der Waals surface area contributed by atoms with Gasteiger partial charge in [0.15, 0.2) is 0 Å². The highest BCUT2D eigenvalue weighted by molar-refractivity contribution is 8.93. The van der Waals surface area contributed by atoms with Crippen LogP contribution >= 0.6 is 17.0 Å². The number of ketones is 2. The Morgan fingerprint density at radius 3 is 1.83 bits per heavy atom. The predicted octanol–water partition coefficient (Wildman–Crippen LogP) is 5.18. The molecule has 3 nitrogen and oxygen atoms in total. The van der Waals surface area contributed by atoms with E-state index in [0.29, 0.717) is 11.1 Å². The molecule has 2 aromatic carbocycles. The first kappa shape index (κ1) is 22.2. The number of carbonyl (C=O) groups excluding carboxylic acids is 2. The topological polar surface area (TPSA) is 69.1 Å². The van der Waals surface area contributed by atoms with E-state index in [2.05, 4.69) is 13.8 Å². The van der Waals surface area contributed by atoms with Gasteiger partial charge in [0.05, 0.1) is 0 Å². The highest BCUT2D eigenvalue weighted by atomic mass is 79.9. The van der Waals surface area contributed by atoms with Gasteiger partial charge in [-0.2, -0.15) is 0 Å². The van der Waals surface area contributed by atoms with Crippen molar-refractivity contribution in [2.45, 2.75) is 40.0 Å². The Bertz CT molecular complexity index is 696. The lowest BCUT2D eigenvalue weighted by Crippen LogP contribution is -2.17. The highest BCUT2D eigenvalue weighted by Crippen LogP contribution is 2.23. The number of Topliss-reactive ketones (excluding diaryl/α,β-unsaturated/α-hetero) is 2. The summed E-state index contributed by atoms with van der Waals surface area (Å²) in [5, 5.41) is 0. The molecule has 0 unspecified atom stereocenters. The van der Waals surface area contributed by atoms with Crippen LogP contribution in [0.25, 0.3) is 0 Å². The molecule has 0 aliphatic heterocycles. The molecule has 0 aliphatic rings. The summed E-state index contributed by atoms with van der Waals surface area (Å²) in [4.78, 5) is 25.1. The molecule has 0 aliphatic carbocycles. The van der Waals surface area contributed by atoms with Gasteiger partial charge in [0.1, 0.15) is 0 Å². The Hall–Kier alpha value is -1.78. The minimum Gasteiger partial charge on any atom is -0.344 e. The maximum atomic E-state index is 12.6. The molecular formula is C20H26BrNO2. The molecule has 2 rings (SSSR count). The second kappa shape index (κ2) is 10.2. The van der Waals surface area contributed by atoms with Crippen LogP contribution in [0.3, 0.4) is 0 Å². The number of aryl methyl sites for hydroxylation is 1. The molecule has 3 N–H and O–H groups in total. The number of halogens is 1. The van der Waals surface area contributed by atoms with Crippen LogP contribution in [-0.2, 0) is 19.3 Å². The summed E-state index contributed by atoms with van der Waals surface area (Å²) in [6.45, 7) is 6.25. The lowest BCUT2D eigenvalue weighted by Gasteiger charge is -2.15. The van der Waals surface area contributed by atoms with Crippen molar-refractivity contribution in [3.63, 3.8) is 0 Å². The maximum Gasteiger partial charge on any atom is 0.233 e. The first-order chi connectivity index (χ1) is 10.6. The van der Waals surface area contributed by atoms with Gasteiger partial charge in [-0.3, -0.25) is 9.59 Å². The molecule has 2 aromatic rings. The molecule has 0 atom stereocenters. The minimum absolute atomic E-state index is 0. The third-order valence-electron chi connectivity index (χ3n) is 4.10. The summed E-state index contributed by atoms with van der Waals surface area (Å²) < 4.78 is 0. The molecule has 0 spiro atoms. The molecule has 0 amide bonds. The van der Waals surface area contributed by atoms with Gasteiger partial charge in [-0.1, -0.05) is 63.2 Å². The van der Waals surface area contributed by atoms with Crippen molar-refractivity contribution in [1.82, 2.24) is 6.15 Å². The van der Waals surface area contributed by atoms with E-state index in [1.807, 2.05) is 25.1 Å². The van der Waals surface area contributed by atoms with Crippen molar-refractivity contribution in [1.29, 1.82) is 0 Å². The van der Waals surface area contributed by atoms with E-state index in [1.54, 1.807) is 24.3 Å². The van der Waals surface area contributed by atoms with Crippen LogP contribution in [0.4, 0.5) is 0 Å². The van der Waals surface area contributed by atoms with E-state index in [9.17, 15) is 9.59 Å². The third kappa shape index (κ3) is 4.40. The van der Waals surface area contributed by atoms with Crippen molar-refractivity contribution < 1.29 is 9.59 Å². The SMILES string of the molecule is Br.CCc1ccc(C(=O)C(=O)c2ccccc2)c(CC)c1CC.N. The van der Waals surface area contributed by atoms with Crippen LogP contribution in [0.2, 0.25) is 0 Å². The quantitative estimate of drug-likeness (QED) is 0.544. The number of hydrogen-bond acceptors (Lipinski definition) is 3. The number of benzene rings is 2. The summed E-state index contributed by atoms with van der Waals surface area (Å²) in [5.41, 5.74) is 4.52. The zero-order valence-electron chi connectivity index (χ0n) is 14.6. The van der Waals surface area contributed by atoms with E-state index >= 15 is 0 Å². The second-order valence-corrected chi connectivity index (χ2v) is 5.31. The van der Waals surface area contributed by atoms with Crippen LogP contribution in [0.1, 0.15) is 58.2 Å². The second-order valence-electron chi connectivity index (χ2n) is 5.31. The number of hydrogen-bond donors (Lipinski definition) is 1. The Labute approximate surface area is 154 Å².